The molecule has 0 bridgehead atoms. The summed E-state index contributed by atoms with van der Waals surface area (Å²) < 4.78 is 10.5. The first-order chi connectivity index (χ1) is 12.1. The molecule has 2 aromatic rings. The second-order valence-electron chi connectivity index (χ2n) is 5.56. The van der Waals surface area contributed by atoms with Crippen LogP contribution in [0.5, 0.6) is 5.75 Å². The minimum Gasteiger partial charge on any atom is -0.494 e. The van der Waals surface area contributed by atoms with Crippen LogP contribution in [0.15, 0.2) is 48.5 Å². The van der Waals surface area contributed by atoms with Crippen LogP contribution in [0.25, 0.3) is 0 Å². The largest absolute Gasteiger partial charge is 0.494 e. The van der Waals surface area contributed by atoms with Gasteiger partial charge in [-0.25, -0.2) is 4.79 Å². The monoisotopic (exact) mass is 341 g/mol. The van der Waals surface area contributed by atoms with Gasteiger partial charge in [0, 0.05) is 12.1 Å². The van der Waals surface area contributed by atoms with Gasteiger partial charge in [0.25, 0.3) is 0 Å². The molecular formula is C20H23NO4. The van der Waals surface area contributed by atoms with Crippen LogP contribution in [0.1, 0.15) is 35.7 Å². The van der Waals surface area contributed by atoms with E-state index >= 15 is 0 Å². The lowest BCUT2D eigenvalue weighted by molar-refractivity contribution is -0.116. The van der Waals surface area contributed by atoms with Crippen molar-refractivity contribution in [2.45, 2.75) is 26.7 Å². The molecule has 0 heterocycles. The number of para-hydroxylation sites is 1. The first-order valence-electron chi connectivity index (χ1n) is 8.35. The fraction of sp³-hybridized carbons (Fsp3) is 0.300. The van der Waals surface area contributed by atoms with Crippen LogP contribution in [0.2, 0.25) is 0 Å². The summed E-state index contributed by atoms with van der Waals surface area (Å²) in [5.41, 5.74) is 2.00. The standard InChI is InChI=1S/C20H23NO4/c1-3-24-20(23)16-11-12-18(15(2)14-16)21-19(22)10-7-13-25-17-8-5-4-6-9-17/h4-6,8-9,11-12,14H,3,7,10,13H2,1-2H3,(H,21,22). The summed E-state index contributed by atoms with van der Waals surface area (Å²) in [4.78, 5) is 23.7. The number of benzene rings is 2. The molecule has 0 aliphatic rings. The molecule has 25 heavy (non-hydrogen) atoms. The Kier molecular flexibility index (Phi) is 7.01. The minimum atomic E-state index is -0.360. The Labute approximate surface area is 148 Å². The number of rotatable bonds is 8. The highest BCUT2D eigenvalue weighted by Crippen LogP contribution is 2.18. The average molecular weight is 341 g/mol. The Morgan fingerprint density at radius 2 is 1.84 bits per heavy atom. The highest BCUT2D eigenvalue weighted by molar-refractivity contribution is 5.94. The molecule has 0 saturated carbocycles. The first kappa shape index (κ1) is 18.5. The predicted octanol–water partition coefficient (Wildman–Crippen LogP) is 3.97. The average Bonchev–Trinajstić information content (AvgIpc) is 2.61. The van der Waals surface area contributed by atoms with Crippen LogP contribution in [-0.2, 0) is 9.53 Å². The lowest BCUT2D eigenvalue weighted by atomic mass is 10.1. The fourth-order valence-corrected chi connectivity index (χ4v) is 2.30. The molecular weight excluding hydrogens is 318 g/mol. The Morgan fingerprint density at radius 3 is 2.52 bits per heavy atom. The lowest BCUT2D eigenvalue weighted by Crippen LogP contribution is -2.14. The smallest absolute Gasteiger partial charge is 0.338 e. The number of anilines is 1. The number of amides is 1. The van der Waals surface area contributed by atoms with Crippen LogP contribution < -0.4 is 10.1 Å². The van der Waals surface area contributed by atoms with Crippen LogP contribution in [0.3, 0.4) is 0 Å². The van der Waals surface area contributed by atoms with E-state index in [9.17, 15) is 9.59 Å². The maximum Gasteiger partial charge on any atom is 0.338 e. The van der Waals surface area contributed by atoms with Crippen molar-refractivity contribution < 1.29 is 19.1 Å². The lowest BCUT2D eigenvalue weighted by Gasteiger charge is -2.10. The molecule has 0 saturated heterocycles. The van der Waals surface area contributed by atoms with Gasteiger partial charge in [0.1, 0.15) is 5.75 Å². The number of esters is 1. The Hall–Kier alpha value is -2.82. The van der Waals surface area contributed by atoms with Gasteiger partial charge in [-0.2, -0.15) is 0 Å². The van der Waals surface area contributed by atoms with Crippen molar-refractivity contribution in [3.05, 3.63) is 59.7 Å². The highest BCUT2D eigenvalue weighted by Gasteiger charge is 2.10. The van der Waals surface area contributed by atoms with Gasteiger partial charge in [-0.3, -0.25) is 4.79 Å². The van der Waals surface area contributed by atoms with Gasteiger partial charge in [0.05, 0.1) is 18.8 Å². The molecule has 0 atom stereocenters. The van der Waals surface area contributed by atoms with E-state index < -0.39 is 0 Å². The molecule has 5 nitrogen and oxygen atoms in total. The maximum absolute atomic E-state index is 12.0. The number of hydrogen-bond acceptors (Lipinski definition) is 4. The molecule has 0 aliphatic heterocycles. The summed E-state index contributed by atoms with van der Waals surface area (Å²) in [6.45, 7) is 4.43. The molecule has 5 heteroatoms. The highest BCUT2D eigenvalue weighted by atomic mass is 16.5. The number of aryl methyl sites for hydroxylation is 1. The van der Waals surface area contributed by atoms with E-state index in [-0.39, 0.29) is 11.9 Å². The van der Waals surface area contributed by atoms with E-state index in [4.69, 9.17) is 9.47 Å². The van der Waals surface area contributed by atoms with Crippen molar-refractivity contribution >= 4 is 17.6 Å². The van der Waals surface area contributed by atoms with Crippen LogP contribution in [0, 0.1) is 6.92 Å². The van der Waals surface area contributed by atoms with Crippen LogP contribution in [-0.4, -0.2) is 25.1 Å². The third-order valence-electron chi connectivity index (χ3n) is 3.57. The SMILES string of the molecule is CCOC(=O)c1ccc(NC(=O)CCCOc2ccccc2)c(C)c1. The van der Waals surface area contributed by atoms with Crippen molar-refractivity contribution in [1.82, 2.24) is 0 Å². The van der Waals surface area contributed by atoms with E-state index in [2.05, 4.69) is 5.32 Å². The van der Waals surface area contributed by atoms with E-state index in [1.165, 1.54) is 0 Å². The molecule has 0 spiro atoms. The molecule has 2 aromatic carbocycles. The van der Waals surface area contributed by atoms with Gasteiger partial charge in [0.2, 0.25) is 5.91 Å². The fourth-order valence-electron chi connectivity index (χ4n) is 2.30. The van der Waals surface area contributed by atoms with Crippen molar-refractivity contribution in [2.75, 3.05) is 18.5 Å². The number of nitrogens with one attached hydrogen (secondary N) is 1. The predicted molar refractivity (Wildman–Crippen MR) is 96.9 cm³/mol. The van der Waals surface area contributed by atoms with Crippen molar-refractivity contribution in [3.8, 4) is 5.75 Å². The van der Waals surface area contributed by atoms with Gasteiger partial charge in [-0.15, -0.1) is 0 Å². The molecule has 0 radical (unpaired) electrons. The third-order valence-corrected chi connectivity index (χ3v) is 3.57. The molecule has 1 N–H and O–H groups in total. The number of carbonyl (C=O) groups excluding carboxylic acids is 2. The second-order valence-corrected chi connectivity index (χ2v) is 5.56. The van der Waals surface area contributed by atoms with Crippen molar-refractivity contribution in [2.24, 2.45) is 0 Å². The first-order valence-corrected chi connectivity index (χ1v) is 8.35. The molecule has 1 amide bonds. The Morgan fingerprint density at radius 1 is 1.08 bits per heavy atom. The Bertz CT molecular complexity index is 713. The molecule has 0 aromatic heterocycles. The molecule has 0 aliphatic carbocycles. The zero-order valence-electron chi connectivity index (χ0n) is 14.6. The Balaban J connectivity index is 1.79. The summed E-state index contributed by atoms with van der Waals surface area (Å²) in [6, 6.07) is 14.6. The van der Waals surface area contributed by atoms with Crippen molar-refractivity contribution in [1.29, 1.82) is 0 Å². The van der Waals surface area contributed by atoms with E-state index in [1.54, 1.807) is 25.1 Å². The second kappa shape index (κ2) is 9.47. The normalized spacial score (nSPS) is 10.2. The number of carbonyl (C=O) groups is 2. The van der Waals surface area contributed by atoms with Gasteiger partial charge >= 0.3 is 5.97 Å². The number of ether oxygens (including phenoxy) is 2. The summed E-state index contributed by atoms with van der Waals surface area (Å²) in [6.07, 6.45) is 0.993. The van der Waals surface area contributed by atoms with Gasteiger partial charge < -0.3 is 14.8 Å². The quantitative estimate of drug-likeness (QED) is 0.583. The van der Waals surface area contributed by atoms with Crippen LogP contribution in [0.4, 0.5) is 5.69 Å². The topological polar surface area (TPSA) is 64.6 Å². The zero-order chi connectivity index (χ0) is 18.1. The number of hydrogen-bond donors (Lipinski definition) is 1. The summed E-state index contributed by atoms with van der Waals surface area (Å²) in [5, 5.41) is 2.86. The third kappa shape index (κ3) is 5.95. The van der Waals surface area contributed by atoms with Gasteiger partial charge in [-0.1, -0.05) is 18.2 Å². The summed E-state index contributed by atoms with van der Waals surface area (Å²) in [5.74, 6) is 0.360. The molecule has 2 rings (SSSR count). The molecule has 0 unspecified atom stereocenters. The molecule has 0 fully saturated rings. The van der Waals surface area contributed by atoms with E-state index in [0.29, 0.717) is 37.3 Å². The minimum absolute atomic E-state index is 0.0800. The van der Waals surface area contributed by atoms with Crippen molar-refractivity contribution in [3.63, 3.8) is 0 Å². The van der Waals surface area contributed by atoms with E-state index in [0.717, 1.165) is 11.3 Å². The summed E-state index contributed by atoms with van der Waals surface area (Å²) >= 11 is 0. The zero-order valence-corrected chi connectivity index (χ0v) is 14.6. The van der Waals surface area contributed by atoms with Gasteiger partial charge in [0.15, 0.2) is 0 Å². The van der Waals surface area contributed by atoms with Gasteiger partial charge in [-0.05, 0) is 56.2 Å². The molecule has 132 valence electrons. The van der Waals surface area contributed by atoms with E-state index in [1.807, 2.05) is 37.3 Å². The summed E-state index contributed by atoms with van der Waals surface area (Å²) in [7, 11) is 0. The maximum atomic E-state index is 12.0. The van der Waals surface area contributed by atoms with Crippen LogP contribution >= 0.6 is 0 Å².